The van der Waals surface area contributed by atoms with Crippen molar-refractivity contribution in [3.05, 3.63) is 66.4 Å². The Bertz CT molecular complexity index is 975. The third kappa shape index (κ3) is 3.91. The summed E-state index contributed by atoms with van der Waals surface area (Å²) < 4.78 is 15.3. The van der Waals surface area contributed by atoms with Crippen LogP contribution in [0.1, 0.15) is 31.7 Å². The van der Waals surface area contributed by atoms with Gasteiger partial charge >= 0.3 is 0 Å². The Morgan fingerprint density at radius 1 is 1.07 bits per heavy atom. The molecule has 0 atom stereocenters. The standard InChI is InChI=1S/C24H25FN2O/c1-2-23(28)27-14-11-24(25,12-15-27)17-18-5-7-19(8-6-18)21-10-9-20-4-3-13-26-22(20)16-21/h3-10,13,16H,2,11-12,14-15,17H2,1H3. The number of benzene rings is 2. The van der Waals surface area contributed by atoms with E-state index in [1.165, 1.54) is 0 Å². The van der Waals surface area contributed by atoms with E-state index in [0.717, 1.165) is 27.6 Å². The molecule has 0 spiro atoms. The molecular weight excluding hydrogens is 351 g/mol. The number of rotatable bonds is 4. The summed E-state index contributed by atoms with van der Waals surface area (Å²) in [6.45, 7) is 2.89. The normalized spacial score (nSPS) is 16.3. The number of carbonyl (C=O) groups excluding carboxylic acids is 1. The van der Waals surface area contributed by atoms with Gasteiger partial charge in [0.05, 0.1) is 5.52 Å². The Morgan fingerprint density at radius 3 is 2.50 bits per heavy atom. The molecule has 0 unspecified atom stereocenters. The van der Waals surface area contributed by atoms with Gasteiger partial charge in [0, 0.05) is 37.5 Å². The topological polar surface area (TPSA) is 33.2 Å². The van der Waals surface area contributed by atoms with E-state index < -0.39 is 5.67 Å². The number of hydrogen-bond donors (Lipinski definition) is 0. The van der Waals surface area contributed by atoms with E-state index in [4.69, 9.17) is 0 Å². The number of alkyl halides is 1. The number of amides is 1. The highest BCUT2D eigenvalue weighted by atomic mass is 19.1. The third-order valence-corrected chi connectivity index (χ3v) is 5.73. The fourth-order valence-corrected chi connectivity index (χ4v) is 3.98. The maximum absolute atomic E-state index is 15.3. The first-order valence-corrected chi connectivity index (χ1v) is 9.97. The summed E-state index contributed by atoms with van der Waals surface area (Å²) in [7, 11) is 0. The number of hydrogen-bond acceptors (Lipinski definition) is 2. The van der Waals surface area contributed by atoms with Crippen LogP contribution in [0.3, 0.4) is 0 Å². The predicted molar refractivity (Wildman–Crippen MR) is 111 cm³/mol. The van der Waals surface area contributed by atoms with Crippen molar-refractivity contribution in [2.24, 2.45) is 0 Å². The zero-order valence-electron chi connectivity index (χ0n) is 16.2. The van der Waals surface area contributed by atoms with Crippen molar-refractivity contribution in [3.63, 3.8) is 0 Å². The van der Waals surface area contributed by atoms with Crippen molar-refractivity contribution in [1.82, 2.24) is 9.88 Å². The Kier molecular flexibility index (Phi) is 5.12. The monoisotopic (exact) mass is 376 g/mol. The van der Waals surface area contributed by atoms with E-state index in [1.54, 1.807) is 11.1 Å². The van der Waals surface area contributed by atoms with Gasteiger partial charge in [-0.15, -0.1) is 0 Å². The first kappa shape index (κ1) is 18.6. The second-order valence-electron chi connectivity index (χ2n) is 7.67. The molecule has 0 bridgehead atoms. The number of halogens is 1. The van der Waals surface area contributed by atoms with Gasteiger partial charge in [-0.2, -0.15) is 0 Å². The van der Waals surface area contributed by atoms with Crippen molar-refractivity contribution < 1.29 is 9.18 Å². The number of nitrogens with zero attached hydrogens (tertiary/aromatic N) is 2. The highest BCUT2D eigenvalue weighted by Gasteiger charge is 2.35. The van der Waals surface area contributed by atoms with Gasteiger partial charge in [-0.1, -0.05) is 49.4 Å². The van der Waals surface area contributed by atoms with Crippen LogP contribution in [0.5, 0.6) is 0 Å². The largest absolute Gasteiger partial charge is 0.342 e. The molecule has 1 amide bonds. The number of carbonyl (C=O) groups is 1. The van der Waals surface area contributed by atoms with Crippen LogP contribution in [0.15, 0.2) is 60.8 Å². The summed E-state index contributed by atoms with van der Waals surface area (Å²) in [6.07, 6.45) is 3.52. The molecule has 3 nitrogen and oxygen atoms in total. The van der Waals surface area contributed by atoms with Gasteiger partial charge in [-0.3, -0.25) is 9.78 Å². The van der Waals surface area contributed by atoms with Crippen LogP contribution in [0, 0.1) is 0 Å². The molecule has 0 aliphatic carbocycles. The zero-order chi connectivity index (χ0) is 19.6. The van der Waals surface area contributed by atoms with Crippen LogP contribution in [0.4, 0.5) is 4.39 Å². The molecule has 28 heavy (non-hydrogen) atoms. The van der Waals surface area contributed by atoms with E-state index in [1.807, 2.05) is 25.1 Å². The van der Waals surface area contributed by atoms with Crippen molar-refractivity contribution in [2.45, 2.75) is 38.3 Å². The van der Waals surface area contributed by atoms with Crippen LogP contribution in [0.25, 0.3) is 22.0 Å². The minimum absolute atomic E-state index is 0.122. The predicted octanol–water partition coefficient (Wildman–Crippen LogP) is 5.19. The number of pyridine rings is 1. The Labute approximate surface area is 165 Å². The molecule has 1 saturated heterocycles. The molecule has 1 aromatic heterocycles. The van der Waals surface area contributed by atoms with Gasteiger partial charge in [0.25, 0.3) is 0 Å². The van der Waals surface area contributed by atoms with E-state index in [2.05, 4.69) is 41.4 Å². The van der Waals surface area contributed by atoms with Crippen molar-refractivity contribution in [3.8, 4) is 11.1 Å². The smallest absolute Gasteiger partial charge is 0.222 e. The Morgan fingerprint density at radius 2 is 1.79 bits per heavy atom. The fourth-order valence-electron chi connectivity index (χ4n) is 3.98. The molecule has 0 N–H and O–H groups in total. The molecule has 2 heterocycles. The van der Waals surface area contributed by atoms with Gasteiger partial charge in [0.2, 0.25) is 5.91 Å². The summed E-state index contributed by atoms with van der Waals surface area (Å²) >= 11 is 0. The van der Waals surface area contributed by atoms with Crippen LogP contribution < -0.4 is 0 Å². The quantitative estimate of drug-likeness (QED) is 0.628. The molecule has 144 valence electrons. The number of likely N-dealkylation sites (tertiary alicyclic amines) is 1. The molecule has 1 aliphatic rings. The first-order valence-electron chi connectivity index (χ1n) is 9.97. The molecule has 3 aromatic rings. The molecule has 0 saturated carbocycles. The van der Waals surface area contributed by atoms with E-state index in [9.17, 15) is 4.79 Å². The second-order valence-corrected chi connectivity index (χ2v) is 7.67. The summed E-state index contributed by atoms with van der Waals surface area (Å²) in [5, 5.41) is 1.12. The van der Waals surface area contributed by atoms with Gasteiger partial charge in [-0.05, 0) is 41.7 Å². The summed E-state index contributed by atoms with van der Waals surface area (Å²) in [5.74, 6) is 0.122. The fraction of sp³-hybridized carbons (Fsp3) is 0.333. The zero-order valence-corrected chi connectivity index (χ0v) is 16.2. The van der Waals surface area contributed by atoms with Crippen molar-refractivity contribution >= 4 is 16.8 Å². The van der Waals surface area contributed by atoms with E-state index in [-0.39, 0.29) is 5.91 Å². The van der Waals surface area contributed by atoms with Crippen molar-refractivity contribution in [1.29, 1.82) is 0 Å². The third-order valence-electron chi connectivity index (χ3n) is 5.73. The van der Waals surface area contributed by atoms with Crippen LogP contribution in [-0.4, -0.2) is 34.5 Å². The molecular formula is C24H25FN2O. The minimum Gasteiger partial charge on any atom is -0.342 e. The Hall–Kier alpha value is -2.75. The lowest BCUT2D eigenvalue weighted by Gasteiger charge is -2.36. The molecule has 1 fully saturated rings. The number of fused-ring (bicyclic) bond motifs is 1. The van der Waals surface area contributed by atoms with E-state index in [0.29, 0.717) is 38.8 Å². The number of aromatic nitrogens is 1. The SMILES string of the molecule is CCC(=O)N1CCC(F)(Cc2ccc(-c3ccc4cccnc4c3)cc2)CC1. The van der Waals surface area contributed by atoms with Crippen molar-refractivity contribution in [2.75, 3.05) is 13.1 Å². The summed E-state index contributed by atoms with van der Waals surface area (Å²) in [4.78, 5) is 18.0. The maximum Gasteiger partial charge on any atom is 0.222 e. The van der Waals surface area contributed by atoms with Crippen LogP contribution in [0.2, 0.25) is 0 Å². The number of piperidine rings is 1. The van der Waals surface area contributed by atoms with Gasteiger partial charge < -0.3 is 4.90 Å². The summed E-state index contributed by atoms with van der Waals surface area (Å²) in [6, 6.07) is 18.4. The minimum atomic E-state index is -1.22. The highest BCUT2D eigenvalue weighted by Crippen LogP contribution is 2.31. The lowest BCUT2D eigenvalue weighted by Crippen LogP contribution is -2.45. The first-order chi connectivity index (χ1) is 13.6. The second kappa shape index (κ2) is 7.70. The average Bonchev–Trinajstić information content (AvgIpc) is 2.74. The van der Waals surface area contributed by atoms with Gasteiger partial charge in [-0.25, -0.2) is 4.39 Å². The molecule has 2 aromatic carbocycles. The molecule has 1 aliphatic heterocycles. The highest BCUT2D eigenvalue weighted by molar-refractivity contribution is 5.84. The van der Waals surface area contributed by atoms with Crippen LogP contribution >= 0.6 is 0 Å². The molecule has 4 heteroatoms. The molecule has 4 rings (SSSR count). The lowest BCUT2D eigenvalue weighted by molar-refractivity contribution is -0.133. The Balaban J connectivity index is 1.45. The van der Waals surface area contributed by atoms with Gasteiger partial charge in [0.15, 0.2) is 0 Å². The van der Waals surface area contributed by atoms with E-state index >= 15 is 4.39 Å². The molecule has 0 radical (unpaired) electrons. The van der Waals surface area contributed by atoms with Gasteiger partial charge in [0.1, 0.15) is 5.67 Å². The summed E-state index contributed by atoms with van der Waals surface area (Å²) in [5.41, 5.74) is 2.96. The average molecular weight is 376 g/mol. The van der Waals surface area contributed by atoms with Crippen LogP contribution in [-0.2, 0) is 11.2 Å². The maximum atomic E-state index is 15.3. The lowest BCUT2D eigenvalue weighted by atomic mass is 9.86.